The second kappa shape index (κ2) is 9.36. The third-order valence-corrected chi connectivity index (χ3v) is 7.10. The van der Waals surface area contributed by atoms with E-state index in [1.807, 2.05) is 40.9 Å². The number of rotatable bonds is 7. The van der Waals surface area contributed by atoms with Gasteiger partial charge in [0.25, 0.3) is 5.91 Å². The number of nitrogens with zero attached hydrogens (tertiary/aromatic N) is 4. The summed E-state index contributed by atoms with van der Waals surface area (Å²) in [4.78, 5) is 25.1. The molecule has 1 aliphatic heterocycles. The van der Waals surface area contributed by atoms with Crippen LogP contribution in [-0.2, 0) is 6.54 Å². The number of fused-ring (bicyclic) bond motifs is 3. The number of hydrogen-bond acceptors (Lipinski definition) is 6. The van der Waals surface area contributed by atoms with Crippen molar-refractivity contribution >= 4 is 32.4 Å². The Labute approximate surface area is 191 Å². The fourth-order valence-corrected chi connectivity index (χ4v) is 5.27. The van der Waals surface area contributed by atoms with Gasteiger partial charge in [-0.15, -0.1) is 0 Å². The summed E-state index contributed by atoms with van der Waals surface area (Å²) < 4.78 is 3.05. The summed E-state index contributed by atoms with van der Waals surface area (Å²) in [5.74, 6) is -0.114. The van der Waals surface area contributed by atoms with Crippen molar-refractivity contribution in [2.24, 2.45) is 5.73 Å². The minimum Gasteiger partial charge on any atom is -0.351 e. The number of pyridine rings is 1. The molecule has 0 aliphatic carbocycles. The van der Waals surface area contributed by atoms with Crippen molar-refractivity contribution in [3.8, 4) is 11.3 Å². The first kappa shape index (κ1) is 21.1. The largest absolute Gasteiger partial charge is 0.351 e. The van der Waals surface area contributed by atoms with Gasteiger partial charge in [-0.25, -0.2) is 9.97 Å². The van der Waals surface area contributed by atoms with Crippen molar-refractivity contribution in [2.45, 2.75) is 32.2 Å². The number of likely N-dealkylation sites (tertiary alicyclic amines) is 1. The van der Waals surface area contributed by atoms with Crippen LogP contribution in [0.3, 0.4) is 0 Å². The van der Waals surface area contributed by atoms with Crippen molar-refractivity contribution in [2.75, 3.05) is 26.2 Å². The van der Waals surface area contributed by atoms with Gasteiger partial charge in [-0.2, -0.15) is 0 Å². The van der Waals surface area contributed by atoms with Gasteiger partial charge in [-0.1, -0.05) is 42.0 Å². The van der Waals surface area contributed by atoms with Crippen molar-refractivity contribution in [1.29, 1.82) is 0 Å². The van der Waals surface area contributed by atoms with E-state index in [1.54, 1.807) is 17.5 Å². The molecule has 32 heavy (non-hydrogen) atoms. The molecule has 4 aromatic rings. The highest BCUT2D eigenvalue weighted by atomic mass is 32.1. The van der Waals surface area contributed by atoms with Gasteiger partial charge in [0.05, 0.1) is 22.1 Å². The predicted molar refractivity (Wildman–Crippen MR) is 129 cm³/mol. The first-order valence-electron chi connectivity index (χ1n) is 11.3. The lowest BCUT2D eigenvalue weighted by molar-refractivity contribution is 0.0946. The van der Waals surface area contributed by atoms with Crippen LogP contribution in [0.4, 0.5) is 0 Å². The highest BCUT2D eigenvalue weighted by Crippen LogP contribution is 2.29. The molecule has 7 nitrogen and oxygen atoms in total. The number of carbonyl (C=O) groups excluding carboxylic acids is 1. The van der Waals surface area contributed by atoms with Crippen LogP contribution in [0, 0.1) is 0 Å². The first-order chi connectivity index (χ1) is 15.7. The van der Waals surface area contributed by atoms with Gasteiger partial charge in [0, 0.05) is 24.8 Å². The number of thiazole rings is 1. The smallest absolute Gasteiger partial charge is 0.269 e. The Kier molecular flexibility index (Phi) is 6.16. The van der Waals surface area contributed by atoms with E-state index in [1.165, 1.54) is 32.4 Å². The lowest BCUT2D eigenvalue weighted by Crippen LogP contribution is -2.33. The normalized spacial score (nSPS) is 14.9. The van der Waals surface area contributed by atoms with Gasteiger partial charge in [0.15, 0.2) is 4.96 Å². The average molecular weight is 449 g/mol. The molecule has 3 aromatic heterocycles. The average Bonchev–Trinajstić information content (AvgIpc) is 3.40. The topological polar surface area (TPSA) is 88.5 Å². The Bertz CT molecular complexity index is 1220. The summed E-state index contributed by atoms with van der Waals surface area (Å²) in [6.07, 6.45) is 8.69. The van der Waals surface area contributed by atoms with Crippen molar-refractivity contribution in [3.63, 3.8) is 0 Å². The molecule has 5 rings (SSSR count). The van der Waals surface area contributed by atoms with E-state index in [0.717, 1.165) is 45.0 Å². The van der Waals surface area contributed by atoms with Crippen molar-refractivity contribution in [3.05, 3.63) is 54.0 Å². The zero-order valence-corrected chi connectivity index (χ0v) is 18.9. The quantitative estimate of drug-likeness (QED) is 0.421. The maximum Gasteiger partial charge on any atom is 0.269 e. The number of imidazole rings is 1. The monoisotopic (exact) mass is 448 g/mol. The second-order valence-corrected chi connectivity index (χ2v) is 9.34. The van der Waals surface area contributed by atoms with Crippen LogP contribution in [0.5, 0.6) is 0 Å². The molecule has 0 unspecified atom stereocenters. The zero-order valence-electron chi connectivity index (χ0n) is 18.1. The molecule has 166 valence electrons. The summed E-state index contributed by atoms with van der Waals surface area (Å²) in [5, 5.41) is 3.02. The highest BCUT2D eigenvalue weighted by Gasteiger charge is 2.14. The van der Waals surface area contributed by atoms with Crippen LogP contribution in [0.25, 0.3) is 26.4 Å². The molecule has 4 heterocycles. The van der Waals surface area contributed by atoms with Crippen molar-refractivity contribution in [1.82, 2.24) is 24.6 Å². The van der Waals surface area contributed by atoms with Gasteiger partial charge in [-0.3, -0.25) is 9.20 Å². The molecule has 1 aliphatic rings. The highest BCUT2D eigenvalue weighted by molar-refractivity contribution is 7.23. The van der Waals surface area contributed by atoms with Crippen LogP contribution >= 0.6 is 11.3 Å². The fraction of sp³-hybridized carbons (Fsp3) is 0.375. The number of benzene rings is 1. The van der Waals surface area contributed by atoms with Gasteiger partial charge in [-0.05, 0) is 50.5 Å². The number of nitrogens with two attached hydrogens (primary N) is 1. The molecule has 0 atom stereocenters. The van der Waals surface area contributed by atoms with Crippen molar-refractivity contribution < 1.29 is 4.79 Å². The summed E-state index contributed by atoms with van der Waals surface area (Å²) in [7, 11) is 0. The molecule has 3 N–H and O–H groups in total. The van der Waals surface area contributed by atoms with E-state index >= 15 is 0 Å². The van der Waals surface area contributed by atoms with Gasteiger partial charge in [0.1, 0.15) is 5.69 Å². The minimum absolute atomic E-state index is 0.114. The molecule has 1 aromatic carbocycles. The van der Waals surface area contributed by atoms with Gasteiger partial charge >= 0.3 is 0 Å². The van der Waals surface area contributed by atoms with Gasteiger partial charge < -0.3 is 16.0 Å². The maximum absolute atomic E-state index is 12.6. The molecule has 0 saturated carbocycles. The standard InChI is InChI=1S/C24H28N6OS/c25-14-17-5-7-18(8-6-17)20-16-30-21-15-27-19(13-22(21)32-24(30)28-20)23(31)26-9-4-12-29-10-2-1-3-11-29/h5-8,13,15-16H,1-4,9-12,14,25H2,(H,26,31). The molecule has 0 bridgehead atoms. The van der Waals surface area contributed by atoms with E-state index in [4.69, 9.17) is 10.7 Å². The van der Waals surface area contributed by atoms with Gasteiger partial charge in [0.2, 0.25) is 0 Å². The number of nitrogens with one attached hydrogen (secondary N) is 1. The summed E-state index contributed by atoms with van der Waals surface area (Å²) in [6.45, 7) is 4.63. The third-order valence-electron chi connectivity index (χ3n) is 6.08. The Morgan fingerprint density at radius 1 is 1.16 bits per heavy atom. The molecule has 8 heteroatoms. The molecule has 1 amide bonds. The molecular weight excluding hydrogens is 420 g/mol. The number of amides is 1. The number of hydrogen-bond donors (Lipinski definition) is 2. The third kappa shape index (κ3) is 4.39. The van der Waals surface area contributed by atoms with E-state index < -0.39 is 0 Å². The van der Waals surface area contributed by atoms with Crippen LogP contribution in [0.2, 0.25) is 0 Å². The lowest BCUT2D eigenvalue weighted by atomic mass is 10.1. The second-order valence-electron chi connectivity index (χ2n) is 8.33. The van der Waals surface area contributed by atoms with E-state index in [2.05, 4.69) is 15.2 Å². The Morgan fingerprint density at radius 2 is 1.97 bits per heavy atom. The van der Waals surface area contributed by atoms with Crippen LogP contribution < -0.4 is 11.1 Å². The first-order valence-corrected chi connectivity index (χ1v) is 12.1. The Hall–Kier alpha value is -2.81. The predicted octanol–water partition coefficient (Wildman–Crippen LogP) is 3.68. The number of carbonyl (C=O) groups is 1. The number of aromatic nitrogens is 3. The van der Waals surface area contributed by atoms with E-state index in [9.17, 15) is 4.79 Å². The summed E-state index contributed by atoms with van der Waals surface area (Å²) >= 11 is 1.57. The molecular formula is C24H28N6OS. The van der Waals surface area contributed by atoms with Crippen LogP contribution in [-0.4, -0.2) is 51.4 Å². The van der Waals surface area contributed by atoms with Crippen LogP contribution in [0.1, 0.15) is 41.7 Å². The van der Waals surface area contributed by atoms with E-state index in [-0.39, 0.29) is 5.91 Å². The molecule has 1 saturated heterocycles. The summed E-state index contributed by atoms with van der Waals surface area (Å²) in [5.41, 5.74) is 10.2. The summed E-state index contributed by atoms with van der Waals surface area (Å²) in [6, 6.07) is 10.0. The van der Waals surface area contributed by atoms with Crippen LogP contribution in [0.15, 0.2) is 42.7 Å². The maximum atomic E-state index is 12.6. The molecule has 0 spiro atoms. The Balaban J connectivity index is 1.25. The fourth-order valence-electron chi connectivity index (χ4n) is 4.25. The molecule has 1 fully saturated rings. The van der Waals surface area contributed by atoms with E-state index in [0.29, 0.717) is 18.8 Å². The zero-order chi connectivity index (χ0) is 21.9. The molecule has 0 radical (unpaired) electrons. The number of piperidine rings is 1. The lowest BCUT2D eigenvalue weighted by Gasteiger charge is -2.26. The minimum atomic E-state index is -0.114. The SMILES string of the molecule is NCc1ccc(-c2cn3c(n2)sc2cc(C(=O)NCCCN4CCCCC4)ncc23)cc1. The Morgan fingerprint density at radius 3 is 2.75 bits per heavy atom.